The number of esters is 1. The van der Waals surface area contributed by atoms with Crippen molar-refractivity contribution in [3.05, 3.63) is 29.8 Å². The summed E-state index contributed by atoms with van der Waals surface area (Å²) in [4.78, 5) is 53.7. The van der Waals surface area contributed by atoms with Crippen LogP contribution in [0, 0.1) is 0 Å². The van der Waals surface area contributed by atoms with Gasteiger partial charge < -0.3 is 15.0 Å². The van der Waals surface area contributed by atoms with Crippen molar-refractivity contribution in [3.8, 4) is 0 Å². The number of rotatable bonds is 7. The number of benzene rings is 1. The first-order chi connectivity index (χ1) is 13.5. The molecule has 1 atom stereocenters. The van der Waals surface area contributed by atoms with Crippen molar-refractivity contribution in [3.63, 3.8) is 0 Å². The van der Waals surface area contributed by atoms with Crippen LogP contribution in [-0.2, 0) is 19.1 Å². The number of para-hydroxylation sites is 1. The van der Waals surface area contributed by atoms with E-state index >= 15 is 0 Å². The van der Waals surface area contributed by atoms with Crippen LogP contribution in [0.25, 0.3) is 0 Å². The third kappa shape index (κ3) is 3.12. The van der Waals surface area contributed by atoms with Crippen LogP contribution in [0.1, 0.15) is 49.9 Å². The summed E-state index contributed by atoms with van der Waals surface area (Å²) >= 11 is 0. The number of carbonyl (C=O) groups excluding carboxylic acids is 4. The number of anilines is 1. The molecule has 0 aromatic heterocycles. The summed E-state index contributed by atoms with van der Waals surface area (Å²) < 4.78 is 5.29. The number of nitrogens with one attached hydrogen (secondary N) is 1. The van der Waals surface area contributed by atoms with Crippen molar-refractivity contribution < 1.29 is 23.9 Å². The zero-order chi connectivity index (χ0) is 20.3. The predicted octanol–water partition coefficient (Wildman–Crippen LogP) is 1.44. The third-order valence-corrected chi connectivity index (χ3v) is 5.05. The summed E-state index contributed by atoms with van der Waals surface area (Å²) in [7, 11) is 0. The summed E-state index contributed by atoms with van der Waals surface area (Å²) in [6, 6.07) is 6.77. The Bertz CT molecular complexity index is 809. The molecule has 0 unspecified atom stereocenters. The second-order valence-corrected chi connectivity index (χ2v) is 6.95. The molecule has 150 valence electrons. The van der Waals surface area contributed by atoms with Crippen LogP contribution in [-0.4, -0.2) is 54.0 Å². The van der Waals surface area contributed by atoms with Crippen LogP contribution < -0.4 is 10.2 Å². The third-order valence-electron chi connectivity index (χ3n) is 5.05. The van der Waals surface area contributed by atoms with E-state index < -0.39 is 24.1 Å². The summed E-state index contributed by atoms with van der Waals surface area (Å²) in [5.74, 6) is -1.71. The van der Waals surface area contributed by atoms with Gasteiger partial charge in [-0.3, -0.25) is 19.3 Å². The van der Waals surface area contributed by atoms with Crippen molar-refractivity contribution in [1.29, 1.82) is 0 Å². The molecule has 0 spiro atoms. The number of carbonyl (C=O) groups is 4. The molecule has 1 aromatic rings. The van der Waals surface area contributed by atoms with E-state index in [2.05, 4.69) is 5.32 Å². The molecule has 2 aliphatic rings. The Morgan fingerprint density at radius 1 is 1.18 bits per heavy atom. The van der Waals surface area contributed by atoms with Crippen LogP contribution in [0.4, 0.5) is 5.69 Å². The molecular formula is C20H25N3O5. The fourth-order valence-corrected chi connectivity index (χ4v) is 3.84. The molecule has 3 amide bonds. The van der Waals surface area contributed by atoms with E-state index in [-0.39, 0.29) is 24.7 Å². The maximum atomic E-state index is 13.2. The summed E-state index contributed by atoms with van der Waals surface area (Å²) in [6.07, 6.45) is 1.64. The van der Waals surface area contributed by atoms with Gasteiger partial charge in [0.1, 0.15) is 0 Å². The van der Waals surface area contributed by atoms with E-state index in [4.69, 9.17) is 4.74 Å². The zero-order valence-corrected chi connectivity index (χ0v) is 16.2. The Morgan fingerprint density at radius 3 is 2.64 bits per heavy atom. The lowest BCUT2D eigenvalue weighted by atomic mass is 9.96. The molecule has 0 saturated carbocycles. The summed E-state index contributed by atoms with van der Waals surface area (Å²) in [5, 5.41) is 2.64. The van der Waals surface area contributed by atoms with Crippen LogP contribution in [0.2, 0.25) is 0 Å². The molecular weight excluding hydrogens is 362 g/mol. The van der Waals surface area contributed by atoms with Gasteiger partial charge in [0.2, 0.25) is 11.6 Å². The normalized spacial score (nSPS) is 20.6. The number of fused-ring (bicyclic) bond motifs is 3. The van der Waals surface area contributed by atoms with Crippen molar-refractivity contribution in [2.24, 2.45) is 0 Å². The van der Waals surface area contributed by atoms with Crippen LogP contribution in [0.5, 0.6) is 0 Å². The number of ether oxygens (including phenoxy) is 1. The Balaban J connectivity index is 1.97. The van der Waals surface area contributed by atoms with E-state index in [1.54, 1.807) is 24.3 Å². The van der Waals surface area contributed by atoms with Crippen molar-refractivity contribution in [2.45, 2.75) is 45.2 Å². The number of amides is 3. The molecule has 0 aliphatic carbocycles. The van der Waals surface area contributed by atoms with Gasteiger partial charge in [-0.25, -0.2) is 4.79 Å². The second kappa shape index (κ2) is 8.00. The van der Waals surface area contributed by atoms with Crippen LogP contribution in [0.15, 0.2) is 24.3 Å². The minimum atomic E-state index is -1.54. The largest absolute Gasteiger partial charge is 0.452 e. The lowest BCUT2D eigenvalue weighted by molar-refractivity contribution is -0.160. The van der Waals surface area contributed by atoms with Gasteiger partial charge in [-0.15, -0.1) is 0 Å². The smallest absolute Gasteiger partial charge is 0.354 e. The highest BCUT2D eigenvalue weighted by Crippen LogP contribution is 2.45. The standard InChI is InChI=1S/C20H25N3O5/c1-3-11-21-16(24)13-28-19(27)20-10-9-17(25)23(20)15-8-6-5-7-14(15)18(26)22(20)12-4-2/h5-8H,3-4,9-13H2,1-2H3,(H,21,24)/t20-/m1/s1. The Hall–Kier alpha value is -2.90. The molecule has 0 bridgehead atoms. The zero-order valence-electron chi connectivity index (χ0n) is 16.2. The molecule has 8 heteroatoms. The highest BCUT2D eigenvalue weighted by atomic mass is 16.5. The van der Waals surface area contributed by atoms with Gasteiger partial charge in [0.25, 0.3) is 11.8 Å². The van der Waals surface area contributed by atoms with Crippen molar-refractivity contribution in [1.82, 2.24) is 10.2 Å². The van der Waals surface area contributed by atoms with Crippen molar-refractivity contribution >= 4 is 29.4 Å². The second-order valence-electron chi connectivity index (χ2n) is 6.95. The van der Waals surface area contributed by atoms with Gasteiger partial charge in [0, 0.05) is 25.9 Å². The SMILES string of the molecule is CCCNC(=O)COC(=O)[C@@]12CCC(=O)N1c1ccccc1C(=O)N2CCC. The van der Waals surface area contributed by atoms with E-state index in [9.17, 15) is 19.2 Å². The first-order valence-electron chi connectivity index (χ1n) is 9.65. The van der Waals surface area contributed by atoms with Gasteiger partial charge in [-0.2, -0.15) is 0 Å². The molecule has 0 radical (unpaired) electrons. The van der Waals surface area contributed by atoms with Gasteiger partial charge in [0.05, 0.1) is 11.3 Å². The van der Waals surface area contributed by atoms with Crippen LogP contribution >= 0.6 is 0 Å². The molecule has 1 aromatic carbocycles. The Kier molecular flexibility index (Phi) is 5.67. The molecule has 1 fully saturated rings. The highest BCUT2D eigenvalue weighted by Gasteiger charge is 2.61. The van der Waals surface area contributed by atoms with Gasteiger partial charge >= 0.3 is 5.97 Å². The summed E-state index contributed by atoms with van der Waals surface area (Å²) in [5.41, 5.74) is -0.742. The molecule has 2 aliphatic heterocycles. The maximum absolute atomic E-state index is 13.2. The molecule has 3 rings (SSSR count). The fourth-order valence-electron chi connectivity index (χ4n) is 3.84. The Labute approximate surface area is 163 Å². The Morgan fingerprint density at radius 2 is 1.93 bits per heavy atom. The molecule has 28 heavy (non-hydrogen) atoms. The lowest BCUT2D eigenvalue weighted by Gasteiger charge is -2.48. The fraction of sp³-hybridized carbons (Fsp3) is 0.500. The maximum Gasteiger partial charge on any atom is 0.354 e. The van der Waals surface area contributed by atoms with Gasteiger partial charge in [-0.1, -0.05) is 26.0 Å². The predicted molar refractivity (Wildman–Crippen MR) is 101 cm³/mol. The molecule has 1 N–H and O–H groups in total. The van der Waals surface area contributed by atoms with Crippen molar-refractivity contribution in [2.75, 3.05) is 24.6 Å². The highest BCUT2D eigenvalue weighted by molar-refractivity contribution is 6.15. The van der Waals surface area contributed by atoms with Crippen LogP contribution in [0.3, 0.4) is 0 Å². The van der Waals surface area contributed by atoms with E-state index in [1.807, 2.05) is 13.8 Å². The van der Waals surface area contributed by atoms with E-state index in [0.717, 1.165) is 6.42 Å². The molecule has 1 saturated heterocycles. The average Bonchev–Trinajstić information content (AvgIpc) is 3.06. The molecule has 2 heterocycles. The first-order valence-corrected chi connectivity index (χ1v) is 9.65. The quantitative estimate of drug-likeness (QED) is 0.715. The number of hydrogen-bond acceptors (Lipinski definition) is 5. The topological polar surface area (TPSA) is 96.0 Å². The van der Waals surface area contributed by atoms with E-state index in [1.165, 1.54) is 9.80 Å². The van der Waals surface area contributed by atoms with Gasteiger partial charge in [-0.05, 0) is 25.0 Å². The first kappa shape index (κ1) is 19.9. The number of nitrogens with zero attached hydrogens (tertiary/aromatic N) is 2. The minimum absolute atomic E-state index is 0.124. The lowest BCUT2D eigenvalue weighted by Crippen LogP contribution is -2.68. The van der Waals surface area contributed by atoms with Gasteiger partial charge in [0.15, 0.2) is 6.61 Å². The molecule has 8 nitrogen and oxygen atoms in total. The van der Waals surface area contributed by atoms with E-state index in [0.29, 0.717) is 30.8 Å². The monoisotopic (exact) mass is 387 g/mol. The minimum Gasteiger partial charge on any atom is -0.452 e. The summed E-state index contributed by atoms with van der Waals surface area (Å²) in [6.45, 7) is 4.15. The number of hydrogen-bond donors (Lipinski definition) is 1. The average molecular weight is 387 g/mol.